The van der Waals surface area contributed by atoms with Crippen molar-refractivity contribution in [3.8, 4) is 16.9 Å². The number of hydrogen-bond donors (Lipinski definition) is 1. The van der Waals surface area contributed by atoms with Crippen LogP contribution in [-0.4, -0.2) is 31.9 Å². The highest BCUT2D eigenvalue weighted by Gasteiger charge is 2.32. The molecule has 1 N–H and O–H groups in total. The molecule has 1 aliphatic rings. The van der Waals surface area contributed by atoms with Crippen molar-refractivity contribution in [3.05, 3.63) is 47.3 Å². The number of imide groups is 1. The number of ether oxygens (including phenoxy) is 1. The fourth-order valence-corrected chi connectivity index (χ4v) is 3.37. The molecule has 0 aliphatic carbocycles. The predicted molar refractivity (Wildman–Crippen MR) is 108 cm³/mol. The summed E-state index contributed by atoms with van der Waals surface area (Å²) in [7, 11) is 1.47. The first-order valence-corrected chi connectivity index (χ1v) is 9.25. The number of methoxy groups -OCH3 is 1. The van der Waals surface area contributed by atoms with Gasteiger partial charge in [-0.2, -0.15) is 0 Å². The van der Waals surface area contributed by atoms with Gasteiger partial charge in [0, 0.05) is 24.1 Å². The molecule has 152 valence electrons. The van der Waals surface area contributed by atoms with E-state index in [9.17, 15) is 14.4 Å². The molecule has 7 heteroatoms. The van der Waals surface area contributed by atoms with Crippen LogP contribution in [0.5, 0.6) is 5.75 Å². The van der Waals surface area contributed by atoms with Gasteiger partial charge in [0.1, 0.15) is 12.0 Å². The summed E-state index contributed by atoms with van der Waals surface area (Å²) in [5, 5.41) is 2.23. The van der Waals surface area contributed by atoms with Gasteiger partial charge in [-0.15, -0.1) is 0 Å². The number of aldehydes is 1. The smallest absolute Gasteiger partial charge is 0.328 e. The van der Waals surface area contributed by atoms with E-state index in [1.807, 2.05) is 20.8 Å². The minimum absolute atomic E-state index is 0.0789. The fourth-order valence-electron chi connectivity index (χ4n) is 3.37. The van der Waals surface area contributed by atoms with Gasteiger partial charge in [0.15, 0.2) is 5.82 Å². The number of hydrogen-bond acceptors (Lipinski definition) is 4. The van der Waals surface area contributed by atoms with Crippen LogP contribution in [0.25, 0.3) is 11.1 Å². The molecular weight excluding hydrogens is 375 g/mol. The molecule has 1 aliphatic heterocycles. The van der Waals surface area contributed by atoms with E-state index in [1.54, 1.807) is 30.3 Å². The monoisotopic (exact) mass is 398 g/mol. The third-order valence-corrected chi connectivity index (χ3v) is 4.89. The van der Waals surface area contributed by atoms with Crippen molar-refractivity contribution in [1.29, 1.82) is 0 Å². The molecule has 3 amide bonds. The number of nitrogens with zero attached hydrogens (tertiary/aromatic N) is 1. The highest BCUT2D eigenvalue weighted by Crippen LogP contribution is 2.45. The SMILES string of the molecule is COc1c(C(C)(C)C)cc(N2CCC(=O)NC2=O)c(F)c1-c1ccc(C=O)cc1. The highest BCUT2D eigenvalue weighted by atomic mass is 19.1. The zero-order valence-electron chi connectivity index (χ0n) is 16.8. The van der Waals surface area contributed by atoms with Gasteiger partial charge < -0.3 is 4.74 Å². The maximum atomic E-state index is 15.8. The first-order chi connectivity index (χ1) is 13.7. The maximum absolute atomic E-state index is 15.8. The largest absolute Gasteiger partial charge is 0.496 e. The number of carbonyl (C=O) groups excluding carboxylic acids is 3. The second-order valence-corrected chi connectivity index (χ2v) is 7.91. The summed E-state index contributed by atoms with van der Waals surface area (Å²) in [5.41, 5.74) is 1.58. The molecule has 0 unspecified atom stereocenters. The lowest BCUT2D eigenvalue weighted by Gasteiger charge is -2.31. The number of rotatable bonds is 4. The number of benzene rings is 2. The van der Waals surface area contributed by atoms with Crippen LogP contribution >= 0.6 is 0 Å². The Hall–Kier alpha value is -3.22. The van der Waals surface area contributed by atoms with Crippen molar-refractivity contribution in [2.75, 3.05) is 18.6 Å². The average molecular weight is 398 g/mol. The zero-order valence-corrected chi connectivity index (χ0v) is 16.8. The Labute approximate surface area is 168 Å². The second-order valence-electron chi connectivity index (χ2n) is 7.91. The van der Waals surface area contributed by atoms with Crippen LogP contribution in [0.1, 0.15) is 43.1 Å². The standard InChI is InChI=1S/C22H23FN2O4/c1-22(2,3)15-11-16(25-10-9-17(27)24-21(25)28)19(23)18(20(15)29-4)14-7-5-13(12-26)6-8-14/h5-8,11-12H,9-10H2,1-4H3,(H,24,27,28). The average Bonchev–Trinajstić information content (AvgIpc) is 2.67. The minimum Gasteiger partial charge on any atom is -0.496 e. The van der Waals surface area contributed by atoms with E-state index < -0.39 is 17.3 Å². The Kier molecular flexibility index (Phi) is 5.42. The van der Waals surface area contributed by atoms with Gasteiger partial charge in [-0.1, -0.05) is 45.0 Å². The molecule has 2 aromatic rings. The molecule has 6 nitrogen and oxygen atoms in total. The third kappa shape index (κ3) is 3.85. The van der Waals surface area contributed by atoms with Crippen LogP contribution < -0.4 is 15.0 Å². The normalized spacial score (nSPS) is 14.6. The molecule has 0 spiro atoms. The Bertz CT molecular complexity index is 978. The molecule has 0 atom stereocenters. The van der Waals surface area contributed by atoms with Gasteiger partial charge in [0.2, 0.25) is 5.91 Å². The van der Waals surface area contributed by atoms with Gasteiger partial charge in [0.05, 0.1) is 18.4 Å². The van der Waals surface area contributed by atoms with Gasteiger partial charge in [0.25, 0.3) is 0 Å². The molecule has 1 fully saturated rings. The molecule has 1 heterocycles. The van der Waals surface area contributed by atoms with E-state index in [2.05, 4.69) is 5.32 Å². The molecule has 0 saturated carbocycles. The van der Waals surface area contributed by atoms with E-state index in [4.69, 9.17) is 4.74 Å². The lowest BCUT2D eigenvalue weighted by Crippen LogP contribution is -2.50. The summed E-state index contributed by atoms with van der Waals surface area (Å²) < 4.78 is 21.4. The first kappa shape index (κ1) is 20.5. The first-order valence-electron chi connectivity index (χ1n) is 9.25. The van der Waals surface area contributed by atoms with Gasteiger partial charge in [-0.25, -0.2) is 9.18 Å². The van der Waals surface area contributed by atoms with Crippen LogP contribution in [0.15, 0.2) is 30.3 Å². The number of nitrogens with one attached hydrogen (secondary N) is 1. The summed E-state index contributed by atoms with van der Waals surface area (Å²) in [6.07, 6.45) is 0.800. The number of anilines is 1. The maximum Gasteiger partial charge on any atom is 0.328 e. The van der Waals surface area contributed by atoms with Crippen LogP contribution in [0.4, 0.5) is 14.9 Å². The fraction of sp³-hybridized carbons (Fsp3) is 0.318. The van der Waals surface area contributed by atoms with Crippen molar-refractivity contribution in [1.82, 2.24) is 5.32 Å². The van der Waals surface area contributed by atoms with Gasteiger partial charge in [-0.05, 0) is 17.0 Å². The lowest BCUT2D eigenvalue weighted by molar-refractivity contribution is -0.120. The Morgan fingerprint density at radius 3 is 2.34 bits per heavy atom. The van der Waals surface area contributed by atoms with Gasteiger partial charge in [-0.3, -0.25) is 19.8 Å². The minimum atomic E-state index is -0.660. The van der Waals surface area contributed by atoms with Crippen LogP contribution in [0.3, 0.4) is 0 Å². The Morgan fingerprint density at radius 2 is 1.83 bits per heavy atom. The second kappa shape index (κ2) is 7.66. The van der Waals surface area contributed by atoms with Crippen molar-refractivity contribution >= 4 is 23.9 Å². The van der Waals surface area contributed by atoms with E-state index >= 15 is 4.39 Å². The summed E-state index contributed by atoms with van der Waals surface area (Å²) in [5.74, 6) is -0.648. The summed E-state index contributed by atoms with van der Waals surface area (Å²) >= 11 is 0. The highest BCUT2D eigenvalue weighted by molar-refractivity contribution is 6.06. The molecule has 29 heavy (non-hydrogen) atoms. The van der Waals surface area contributed by atoms with Crippen molar-refractivity contribution < 1.29 is 23.5 Å². The molecule has 0 bridgehead atoms. The third-order valence-electron chi connectivity index (χ3n) is 4.89. The summed E-state index contributed by atoms with van der Waals surface area (Å²) in [6, 6.07) is 7.41. The van der Waals surface area contributed by atoms with Gasteiger partial charge >= 0.3 is 6.03 Å². The molecular formula is C22H23FN2O4. The van der Waals surface area contributed by atoms with Crippen molar-refractivity contribution in [2.45, 2.75) is 32.6 Å². The number of carbonyl (C=O) groups is 3. The number of urea groups is 1. The van der Waals surface area contributed by atoms with Crippen LogP contribution in [0, 0.1) is 5.82 Å². The Morgan fingerprint density at radius 1 is 1.17 bits per heavy atom. The summed E-state index contributed by atoms with van der Waals surface area (Å²) in [6.45, 7) is 5.98. The van der Waals surface area contributed by atoms with Crippen molar-refractivity contribution in [2.24, 2.45) is 0 Å². The molecule has 0 radical (unpaired) electrons. The van der Waals surface area contributed by atoms with E-state index in [-0.39, 0.29) is 30.1 Å². The van der Waals surface area contributed by atoms with Crippen LogP contribution in [-0.2, 0) is 10.2 Å². The molecule has 0 aromatic heterocycles. The molecule has 3 rings (SSSR count). The number of amides is 3. The lowest BCUT2D eigenvalue weighted by atomic mass is 9.83. The predicted octanol–water partition coefficient (Wildman–Crippen LogP) is 4.06. The quantitative estimate of drug-likeness (QED) is 0.788. The Balaban J connectivity index is 2.28. The van der Waals surface area contributed by atoms with E-state index in [1.165, 1.54) is 12.0 Å². The molecule has 2 aromatic carbocycles. The topological polar surface area (TPSA) is 75.7 Å². The van der Waals surface area contributed by atoms with Crippen LogP contribution in [0.2, 0.25) is 0 Å². The zero-order chi connectivity index (χ0) is 21.3. The number of halogens is 1. The van der Waals surface area contributed by atoms with E-state index in [0.29, 0.717) is 23.2 Å². The van der Waals surface area contributed by atoms with Crippen molar-refractivity contribution in [3.63, 3.8) is 0 Å². The summed E-state index contributed by atoms with van der Waals surface area (Å²) in [4.78, 5) is 36.1. The van der Waals surface area contributed by atoms with E-state index in [0.717, 1.165) is 5.56 Å². The molecule has 1 saturated heterocycles.